The number of pyridine rings is 1. The van der Waals surface area contributed by atoms with Gasteiger partial charge < -0.3 is 20.1 Å². The summed E-state index contributed by atoms with van der Waals surface area (Å²) in [5.74, 6) is 0. The van der Waals surface area contributed by atoms with Gasteiger partial charge in [0, 0.05) is 11.3 Å². The molecule has 0 unspecified atom stereocenters. The summed E-state index contributed by atoms with van der Waals surface area (Å²) in [5, 5.41) is 4.99. The van der Waals surface area contributed by atoms with Gasteiger partial charge in [-0.3, -0.25) is 4.79 Å². The molecule has 0 aliphatic heterocycles. The number of anilines is 1. The molecule has 0 saturated heterocycles. The van der Waals surface area contributed by atoms with Gasteiger partial charge in [0.1, 0.15) is 0 Å². The number of nitrogens with one attached hydrogen (secondary N) is 3. The summed E-state index contributed by atoms with van der Waals surface area (Å²) < 4.78 is 0. The maximum atomic E-state index is 12.8. The zero-order chi connectivity index (χ0) is 21.8. The molecule has 3 rings (SSSR count). The summed E-state index contributed by atoms with van der Waals surface area (Å²) >= 11 is 5.71. The Hall–Kier alpha value is -2.70. The second-order valence-corrected chi connectivity index (χ2v) is 8.66. The van der Waals surface area contributed by atoms with Crippen LogP contribution in [-0.2, 0) is 6.54 Å². The highest BCUT2D eigenvalue weighted by Crippen LogP contribution is 2.19. The van der Waals surface area contributed by atoms with Gasteiger partial charge in [0.05, 0.1) is 39.2 Å². The minimum atomic E-state index is -0.0588. The molecule has 3 aromatic rings. The molecule has 2 aromatic carbocycles. The fraction of sp³-hybridized carbons (Fsp3) is 0.333. The van der Waals surface area contributed by atoms with Gasteiger partial charge >= 0.3 is 0 Å². The lowest BCUT2D eigenvalue weighted by Crippen LogP contribution is -3.06. The van der Waals surface area contributed by atoms with Crippen LogP contribution >= 0.6 is 12.2 Å². The number of H-pyrrole nitrogens is 1. The average molecular weight is 424 g/mol. The Morgan fingerprint density at radius 1 is 1.10 bits per heavy atom. The number of benzene rings is 2. The first kappa shape index (κ1) is 22.0. The lowest BCUT2D eigenvalue weighted by atomic mass is 10.0. The summed E-state index contributed by atoms with van der Waals surface area (Å²) in [6.07, 6.45) is 0. The van der Waals surface area contributed by atoms with Crippen molar-refractivity contribution in [3.63, 3.8) is 0 Å². The van der Waals surface area contributed by atoms with Crippen LogP contribution in [0, 0.1) is 20.8 Å². The van der Waals surface area contributed by atoms with E-state index in [1.54, 1.807) is 0 Å². The smallest absolute Gasteiger partial charge is 0.253 e. The molecule has 30 heavy (non-hydrogen) atoms. The number of likely N-dealkylation sites (N-methyl/N-ethyl adjacent to an activating group) is 1. The molecule has 0 amide bonds. The normalized spacial score (nSPS) is 11.1. The SMILES string of the molecule is Cc1ccc(NC(=S)N(CC[NH+](C)C)Cc2cc3ccc(C)c(C)c3[nH]c2=O)cc1. The number of nitrogens with zero attached hydrogens (tertiary/aromatic N) is 1. The van der Waals surface area contributed by atoms with E-state index in [-0.39, 0.29) is 5.56 Å². The van der Waals surface area contributed by atoms with Crippen LogP contribution in [-0.4, -0.2) is 42.2 Å². The van der Waals surface area contributed by atoms with Gasteiger partial charge in [0.2, 0.25) is 0 Å². The number of aromatic nitrogens is 1. The zero-order valence-electron chi connectivity index (χ0n) is 18.4. The van der Waals surface area contributed by atoms with Crippen LogP contribution in [0.4, 0.5) is 5.69 Å². The number of thiocarbonyl (C=S) groups is 1. The first-order valence-electron chi connectivity index (χ1n) is 10.3. The monoisotopic (exact) mass is 423 g/mol. The zero-order valence-corrected chi connectivity index (χ0v) is 19.2. The quantitative estimate of drug-likeness (QED) is 0.534. The standard InChI is InChI=1S/C24H30N4OS/c1-16-6-10-21(11-7-16)25-24(30)28(13-12-27(4)5)15-20-14-19-9-8-17(2)18(3)22(19)26-23(20)29/h6-11,14H,12-13,15H2,1-5H3,(H,25,30)(H,26,29)/p+1. The topological polar surface area (TPSA) is 52.6 Å². The second-order valence-electron chi connectivity index (χ2n) is 8.27. The third-order valence-corrected chi connectivity index (χ3v) is 5.82. The number of rotatable bonds is 6. The highest BCUT2D eigenvalue weighted by molar-refractivity contribution is 7.80. The number of hydrogen-bond donors (Lipinski definition) is 3. The number of hydrogen-bond acceptors (Lipinski definition) is 2. The van der Waals surface area contributed by atoms with Gasteiger partial charge in [0.25, 0.3) is 5.56 Å². The molecule has 3 N–H and O–H groups in total. The van der Waals surface area contributed by atoms with Crippen LogP contribution in [0.3, 0.4) is 0 Å². The minimum absolute atomic E-state index is 0.0588. The summed E-state index contributed by atoms with van der Waals surface area (Å²) in [4.78, 5) is 19.3. The minimum Gasteiger partial charge on any atom is -0.339 e. The molecule has 0 spiro atoms. The van der Waals surface area contributed by atoms with E-state index in [4.69, 9.17) is 12.2 Å². The molecule has 0 aliphatic rings. The van der Waals surface area contributed by atoms with Gasteiger partial charge in [-0.1, -0.05) is 29.8 Å². The fourth-order valence-electron chi connectivity index (χ4n) is 3.34. The van der Waals surface area contributed by atoms with E-state index in [0.29, 0.717) is 17.2 Å². The third kappa shape index (κ3) is 5.26. The summed E-state index contributed by atoms with van der Waals surface area (Å²) in [6, 6.07) is 14.3. The molecule has 1 aromatic heterocycles. The molecule has 0 fully saturated rings. The van der Waals surface area contributed by atoms with E-state index < -0.39 is 0 Å². The Bertz CT molecular complexity index is 1100. The number of quaternary nitrogens is 1. The maximum absolute atomic E-state index is 12.8. The van der Waals surface area contributed by atoms with Crippen LogP contribution < -0.4 is 15.8 Å². The first-order valence-corrected chi connectivity index (χ1v) is 10.7. The number of fused-ring (bicyclic) bond motifs is 1. The van der Waals surface area contributed by atoms with E-state index in [2.05, 4.69) is 67.4 Å². The van der Waals surface area contributed by atoms with Crippen molar-refractivity contribution in [3.8, 4) is 0 Å². The predicted octanol–water partition coefficient (Wildman–Crippen LogP) is 2.80. The van der Waals surface area contributed by atoms with Crippen LogP contribution in [0.2, 0.25) is 0 Å². The Labute approximate surface area is 183 Å². The summed E-state index contributed by atoms with van der Waals surface area (Å²) in [6.45, 7) is 8.29. The average Bonchev–Trinajstić information content (AvgIpc) is 2.70. The Morgan fingerprint density at radius 3 is 2.47 bits per heavy atom. The molecule has 1 heterocycles. The van der Waals surface area contributed by atoms with E-state index in [0.717, 1.165) is 35.2 Å². The van der Waals surface area contributed by atoms with E-state index >= 15 is 0 Å². The molecule has 6 heteroatoms. The van der Waals surface area contributed by atoms with Crippen molar-refractivity contribution in [1.82, 2.24) is 9.88 Å². The third-order valence-electron chi connectivity index (χ3n) is 5.46. The largest absolute Gasteiger partial charge is 0.339 e. The Kier molecular flexibility index (Phi) is 6.90. The lowest BCUT2D eigenvalue weighted by molar-refractivity contribution is -0.857. The van der Waals surface area contributed by atoms with Gasteiger partial charge in [0.15, 0.2) is 5.11 Å². The Morgan fingerprint density at radius 2 is 1.80 bits per heavy atom. The van der Waals surface area contributed by atoms with Gasteiger partial charge in [-0.15, -0.1) is 0 Å². The van der Waals surface area contributed by atoms with E-state index in [1.807, 2.05) is 25.1 Å². The van der Waals surface area contributed by atoms with Crippen molar-refractivity contribution in [3.05, 3.63) is 75.1 Å². The van der Waals surface area contributed by atoms with Crippen molar-refractivity contribution in [1.29, 1.82) is 0 Å². The number of aryl methyl sites for hydroxylation is 3. The number of aromatic amines is 1. The van der Waals surface area contributed by atoms with Crippen LogP contribution in [0.5, 0.6) is 0 Å². The van der Waals surface area contributed by atoms with Crippen molar-refractivity contribution in [2.45, 2.75) is 27.3 Å². The Balaban J connectivity index is 1.87. The van der Waals surface area contributed by atoms with Crippen molar-refractivity contribution < 1.29 is 4.90 Å². The fourth-order valence-corrected chi connectivity index (χ4v) is 3.62. The van der Waals surface area contributed by atoms with Crippen LogP contribution in [0.15, 0.2) is 47.3 Å². The second kappa shape index (κ2) is 9.41. The molecular weight excluding hydrogens is 392 g/mol. The van der Waals surface area contributed by atoms with Gasteiger partial charge in [-0.2, -0.15) is 0 Å². The molecule has 0 aliphatic carbocycles. The first-order chi connectivity index (χ1) is 14.2. The summed E-state index contributed by atoms with van der Waals surface area (Å²) in [7, 11) is 4.23. The molecule has 158 valence electrons. The van der Waals surface area contributed by atoms with Crippen LogP contribution in [0.25, 0.3) is 10.9 Å². The van der Waals surface area contributed by atoms with Gasteiger partial charge in [-0.05, 0) is 67.7 Å². The van der Waals surface area contributed by atoms with Crippen molar-refractivity contribution in [2.75, 3.05) is 32.5 Å². The van der Waals surface area contributed by atoms with Gasteiger partial charge in [-0.25, -0.2) is 0 Å². The highest BCUT2D eigenvalue weighted by atomic mass is 32.1. The predicted molar refractivity (Wildman–Crippen MR) is 130 cm³/mol. The molecule has 0 bridgehead atoms. The summed E-state index contributed by atoms with van der Waals surface area (Å²) in [5.41, 5.74) is 6.00. The lowest BCUT2D eigenvalue weighted by Gasteiger charge is -2.26. The molecule has 5 nitrogen and oxygen atoms in total. The molecule has 0 radical (unpaired) electrons. The van der Waals surface area contributed by atoms with Crippen molar-refractivity contribution >= 4 is 33.9 Å². The molecule has 0 atom stereocenters. The van der Waals surface area contributed by atoms with E-state index in [9.17, 15) is 4.79 Å². The maximum Gasteiger partial charge on any atom is 0.253 e. The molecular formula is C24H31N4OS+. The highest BCUT2D eigenvalue weighted by Gasteiger charge is 2.15. The van der Waals surface area contributed by atoms with Crippen molar-refractivity contribution in [2.24, 2.45) is 0 Å². The van der Waals surface area contributed by atoms with E-state index in [1.165, 1.54) is 16.0 Å². The molecule has 0 saturated carbocycles. The van der Waals surface area contributed by atoms with Crippen LogP contribution in [0.1, 0.15) is 22.3 Å².